The second-order valence-corrected chi connectivity index (χ2v) is 5.83. The molecule has 4 N–H and O–H groups in total. The molecule has 4 nitrogen and oxygen atoms in total. The third-order valence-corrected chi connectivity index (χ3v) is 3.83. The molecule has 1 rings (SSSR count). The van der Waals surface area contributed by atoms with E-state index >= 15 is 0 Å². The number of hydrogen-bond acceptors (Lipinski definition) is 4. The minimum atomic E-state index is 1.16. The van der Waals surface area contributed by atoms with Crippen LogP contribution >= 0.6 is 0 Å². The molecule has 1 fully saturated rings. The van der Waals surface area contributed by atoms with Crippen LogP contribution in [-0.4, -0.2) is 52.4 Å². The predicted octanol–water partition coefficient (Wildman–Crippen LogP) is 1.48. The van der Waals surface area contributed by atoms with E-state index in [4.69, 9.17) is 0 Å². The van der Waals surface area contributed by atoms with Crippen LogP contribution in [0.25, 0.3) is 0 Å². The summed E-state index contributed by atoms with van der Waals surface area (Å²) in [7, 11) is 0. The zero-order valence-corrected chi connectivity index (χ0v) is 13.3. The normalized spacial score (nSPS) is 24.0. The summed E-state index contributed by atoms with van der Waals surface area (Å²) in [6.45, 7) is 9.39. The first kappa shape index (κ1) is 17.9. The lowest BCUT2D eigenvalue weighted by atomic mass is 10.2. The molecule has 0 atom stereocenters. The van der Waals surface area contributed by atoms with E-state index < -0.39 is 0 Å². The van der Waals surface area contributed by atoms with Gasteiger partial charge in [0.15, 0.2) is 0 Å². The highest BCUT2D eigenvalue weighted by Gasteiger charge is 1.94. The van der Waals surface area contributed by atoms with Crippen molar-refractivity contribution in [2.45, 2.75) is 51.4 Å². The van der Waals surface area contributed by atoms with Crippen LogP contribution in [0.4, 0.5) is 0 Å². The summed E-state index contributed by atoms with van der Waals surface area (Å²) in [6.07, 6.45) is 10.5. The van der Waals surface area contributed by atoms with Gasteiger partial charge in [-0.15, -0.1) is 0 Å². The molecule has 4 heteroatoms. The summed E-state index contributed by atoms with van der Waals surface area (Å²) in [5.74, 6) is 0. The molecule has 1 saturated heterocycles. The second-order valence-electron chi connectivity index (χ2n) is 5.83. The van der Waals surface area contributed by atoms with Crippen molar-refractivity contribution in [3.05, 3.63) is 0 Å². The van der Waals surface area contributed by atoms with Crippen molar-refractivity contribution in [3.63, 3.8) is 0 Å². The maximum atomic E-state index is 3.54. The Bertz CT molecular complexity index is 101. The van der Waals surface area contributed by atoms with Gasteiger partial charge in [0.05, 0.1) is 0 Å². The second kappa shape index (κ2) is 15.2. The molecule has 0 unspecified atom stereocenters. The Morgan fingerprint density at radius 2 is 0.500 bits per heavy atom. The Kier molecular flexibility index (Phi) is 13.6. The molecule has 120 valence electrons. The van der Waals surface area contributed by atoms with Crippen LogP contribution in [0.3, 0.4) is 0 Å². The van der Waals surface area contributed by atoms with Gasteiger partial charge in [0, 0.05) is 0 Å². The largest absolute Gasteiger partial charge is 0.317 e. The van der Waals surface area contributed by atoms with Crippen LogP contribution in [-0.2, 0) is 0 Å². The third kappa shape index (κ3) is 12.9. The SMILES string of the molecule is C1CCNCCCNCCCCCNCCCNCC1. The number of hydrogen-bond donors (Lipinski definition) is 4. The molecule has 0 aromatic heterocycles. The maximum absolute atomic E-state index is 3.54. The van der Waals surface area contributed by atoms with Crippen molar-refractivity contribution < 1.29 is 0 Å². The van der Waals surface area contributed by atoms with Gasteiger partial charge in [-0.05, 0) is 90.9 Å². The van der Waals surface area contributed by atoms with Crippen LogP contribution in [0.15, 0.2) is 0 Å². The van der Waals surface area contributed by atoms with Crippen LogP contribution in [0.1, 0.15) is 51.4 Å². The Labute approximate surface area is 125 Å². The average molecular weight is 284 g/mol. The lowest BCUT2D eigenvalue weighted by molar-refractivity contribution is 0.523. The first-order chi connectivity index (χ1) is 10.0. The third-order valence-electron chi connectivity index (χ3n) is 3.83. The fraction of sp³-hybridized carbons (Fsp3) is 1.00. The zero-order chi connectivity index (χ0) is 14.1. The fourth-order valence-corrected chi connectivity index (χ4v) is 2.53. The lowest BCUT2D eigenvalue weighted by Gasteiger charge is -2.09. The van der Waals surface area contributed by atoms with E-state index in [2.05, 4.69) is 21.3 Å². The summed E-state index contributed by atoms with van der Waals surface area (Å²) < 4.78 is 0. The van der Waals surface area contributed by atoms with Crippen molar-refractivity contribution in [1.29, 1.82) is 0 Å². The molecule has 0 amide bonds. The van der Waals surface area contributed by atoms with Gasteiger partial charge >= 0.3 is 0 Å². The highest BCUT2D eigenvalue weighted by molar-refractivity contribution is 4.57. The quantitative estimate of drug-likeness (QED) is 0.544. The van der Waals surface area contributed by atoms with Crippen LogP contribution in [0.5, 0.6) is 0 Å². The van der Waals surface area contributed by atoms with E-state index in [1.807, 2.05) is 0 Å². The summed E-state index contributed by atoms with van der Waals surface area (Å²) in [6, 6.07) is 0. The van der Waals surface area contributed by atoms with E-state index in [-0.39, 0.29) is 0 Å². The first-order valence-corrected chi connectivity index (χ1v) is 8.83. The molecule has 0 radical (unpaired) electrons. The van der Waals surface area contributed by atoms with Crippen LogP contribution < -0.4 is 21.3 Å². The first-order valence-electron chi connectivity index (χ1n) is 8.83. The summed E-state index contributed by atoms with van der Waals surface area (Å²) in [5, 5.41) is 14.2. The molecule has 1 heterocycles. The molecule has 1 aliphatic heterocycles. The molecular formula is C16H36N4. The van der Waals surface area contributed by atoms with Crippen LogP contribution in [0.2, 0.25) is 0 Å². The summed E-state index contributed by atoms with van der Waals surface area (Å²) in [5.41, 5.74) is 0. The summed E-state index contributed by atoms with van der Waals surface area (Å²) >= 11 is 0. The monoisotopic (exact) mass is 284 g/mol. The highest BCUT2D eigenvalue weighted by atomic mass is 14.9. The Balaban J connectivity index is 2.00. The predicted molar refractivity (Wildman–Crippen MR) is 88.4 cm³/mol. The van der Waals surface area contributed by atoms with Crippen LogP contribution in [0, 0.1) is 0 Å². The van der Waals surface area contributed by atoms with Gasteiger partial charge < -0.3 is 21.3 Å². The number of rotatable bonds is 0. The standard InChI is InChI=1S/C16H36N4/c1-3-9-17-13-7-15-19-11-5-2-6-12-20-16-8-14-18-10-4-1/h17-20H,1-16H2. The zero-order valence-electron chi connectivity index (χ0n) is 13.3. The van der Waals surface area contributed by atoms with Gasteiger partial charge in [0.2, 0.25) is 0 Å². The van der Waals surface area contributed by atoms with Crippen molar-refractivity contribution in [2.75, 3.05) is 52.4 Å². The molecule has 0 saturated carbocycles. The van der Waals surface area contributed by atoms with Gasteiger partial charge in [-0.3, -0.25) is 0 Å². The molecule has 0 spiro atoms. The van der Waals surface area contributed by atoms with E-state index in [0.717, 1.165) is 26.2 Å². The molecular weight excluding hydrogens is 248 g/mol. The van der Waals surface area contributed by atoms with Crippen molar-refractivity contribution in [2.24, 2.45) is 0 Å². The lowest BCUT2D eigenvalue weighted by Crippen LogP contribution is -2.25. The Hall–Kier alpha value is -0.160. The molecule has 0 aromatic rings. The molecule has 0 aliphatic carbocycles. The molecule has 0 bridgehead atoms. The summed E-state index contributed by atoms with van der Waals surface area (Å²) in [4.78, 5) is 0. The van der Waals surface area contributed by atoms with E-state index in [0.29, 0.717) is 0 Å². The minimum absolute atomic E-state index is 1.16. The molecule has 1 aliphatic rings. The van der Waals surface area contributed by atoms with Crippen molar-refractivity contribution in [1.82, 2.24) is 21.3 Å². The average Bonchev–Trinajstić information content (AvgIpc) is 2.46. The maximum Gasteiger partial charge on any atom is -0.00368 e. The van der Waals surface area contributed by atoms with E-state index in [1.54, 1.807) is 0 Å². The van der Waals surface area contributed by atoms with Gasteiger partial charge in [0.1, 0.15) is 0 Å². The smallest absolute Gasteiger partial charge is 0.00368 e. The molecule has 20 heavy (non-hydrogen) atoms. The fourth-order valence-electron chi connectivity index (χ4n) is 2.53. The van der Waals surface area contributed by atoms with Gasteiger partial charge in [-0.2, -0.15) is 0 Å². The highest BCUT2D eigenvalue weighted by Crippen LogP contribution is 1.94. The van der Waals surface area contributed by atoms with Gasteiger partial charge in [0.25, 0.3) is 0 Å². The molecule has 0 aromatic carbocycles. The van der Waals surface area contributed by atoms with Gasteiger partial charge in [-0.1, -0.05) is 12.8 Å². The van der Waals surface area contributed by atoms with Gasteiger partial charge in [-0.25, -0.2) is 0 Å². The topological polar surface area (TPSA) is 48.1 Å². The van der Waals surface area contributed by atoms with E-state index in [9.17, 15) is 0 Å². The minimum Gasteiger partial charge on any atom is -0.317 e. The van der Waals surface area contributed by atoms with E-state index in [1.165, 1.54) is 77.5 Å². The van der Waals surface area contributed by atoms with Crippen molar-refractivity contribution in [3.8, 4) is 0 Å². The Morgan fingerprint density at radius 3 is 0.800 bits per heavy atom. The van der Waals surface area contributed by atoms with Crippen molar-refractivity contribution >= 4 is 0 Å². The number of nitrogens with one attached hydrogen (secondary N) is 4. The Morgan fingerprint density at radius 1 is 0.250 bits per heavy atom.